The van der Waals surface area contributed by atoms with E-state index in [1.165, 1.54) is 11.2 Å². The standard InChI is InChI=1S/C14H22NO5P/c1-4-19-21(17,20-5-2)14(12-7-6-10-18-12)15(3)13(16)11-8-9-11/h6-7,10-11,14H,4-5,8-9H2,1-3H3. The van der Waals surface area contributed by atoms with Gasteiger partial charge in [-0.2, -0.15) is 0 Å². The molecule has 1 atom stereocenters. The predicted molar refractivity (Wildman–Crippen MR) is 77.8 cm³/mol. The van der Waals surface area contributed by atoms with Crippen LogP contribution in [0.1, 0.15) is 38.2 Å². The van der Waals surface area contributed by atoms with Gasteiger partial charge in [-0.15, -0.1) is 0 Å². The lowest BCUT2D eigenvalue weighted by Gasteiger charge is -2.32. The van der Waals surface area contributed by atoms with Crippen LogP contribution in [-0.4, -0.2) is 31.1 Å². The maximum absolute atomic E-state index is 13.1. The number of carbonyl (C=O) groups is 1. The summed E-state index contributed by atoms with van der Waals surface area (Å²) in [5, 5.41) is 0. The first-order valence-electron chi connectivity index (χ1n) is 7.22. The molecule has 1 aromatic rings. The second-order valence-electron chi connectivity index (χ2n) is 4.99. The summed E-state index contributed by atoms with van der Waals surface area (Å²) in [6.45, 7) is 3.96. The van der Waals surface area contributed by atoms with E-state index in [0.29, 0.717) is 5.76 Å². The molecule has 0 radical (unpaired) electrons. The molecule has 1 heterocycles. The van der Waals surface area contributed by atoms with Gasteiger partial charge >= 0.3 is 7.60 Å². The zero-order valence-corrected chi connectivity index (χ0v) is 13.5. The normalized spacial score (nSPS) is 16.7. The van der Waals surface area contributed by atoms with Gasteiger partial charge in [0.05, 0.1) is 19.5 Å². The quantitative estimate of drug-likeness (QED) is 0.688. The van der Waals surface area contributed by atoms with Crippen molar-refractivity contribution >= 4 is 13.5 Å². The van der Waals surface area contributed by atoms with Crippen molar-refractivity contribution in [3.05, 3.63) is 24.2 Å². The van der Waals surface area contributed by atoms with Gasteiger partial charge in [0.1, 0.15) is 5.76 Å². The molecule has 0 N–H and O–H groups in total. The summed E-state index contributed by atoms with van der Waals surface area (Å²) in [6.07, 6.45) is 3.24. The topological polar surface area (TPSA) is 69.0 Å². The Balaban J connectivity index is 2.34. The molecule has 1 fully saturated rings. The minimum absolute atomic E-state index is 0.0177. The number of carbonyl (C=O) groups excluding carboxylic acids is 1. The monoisotopic (exact) mass is 315 g/mol. The summed E-state index contributed by atoms with van der Waals surface area (Å²) in [7, 11) is -1.91. The van der Waals surface area contributed by atoms with E-state index in [0.717, 1.165) is 12.8 Å². The highest BCUT2D eigenvalue weighted by Gasteiger charge is 2.46. The molecule has 1 saturated carbocycles. The molecule has 1 amide bonds. The molecule has 0 saturated heterocycles. The lowest BCUT2D eigenvalue weighted by Crippen LogP contribution is -2.33. The Bertz CT molecular complexity index is 501. The van der Waals surface area contributed by atoms with Gasteiger partial charge in [-0.25, -0.2) is 0 Å². The first kappa shape index (κ1) is 16.3. The summed E-state index contributed by atoms with van der Waals surface area (Å²) in [6, 6.07) is 3.38. The minimum Gasteiger partial charge on any atom is -0.466 e. The fourth-order valence-electron chi connectivity index (χ4n) is 2.27. The highest BCUT2D eigenvalue weighted by atomic mass is 31.2. The molecule has 7 heteroatoms. The Hall–Kier alpha value is -1.10. The fourth-order valence-corrected chi connectivity index (χ4v) is 4.35. The molecule has 21 heavy (non-hydrogen) atoms. The second-order valence-corrected chi connectivity index (χ2v) is 7.07. The fraction of sp³-hybridized carbons (Fsp3) is 0.643. The van der Waals surface area contributed by atoms with Gasteiger partial charge in [0.2, 0.25) is 5.91 Å². The number of amides is 1. The summed E-state index contributed by atoms with van der Waals surface area (Å²) >= 11 is 0. The van der Waals surface area contributed by atoms with Crippen LogP contribution in [0.4, 0.5) is 0 Å². The Morgan fingerprint density at radius 2 is 2.05 bits per heavy atom. The molecule has 1 aromatic heterocycles. The summed E-state index contributed by atoms with van der Waals surface area (Å²) in [5.41, 5.74) is 0. The van der Waals surface area contributed by atoms with Crippen LogP contribution in [0, 0.1) is 5.92 Å². The van der Waals surface area contributed by atoms with Gasteiger partial charge in [-0.05, 0) is 38.8 Å². The predicted octanol–water partition coefficient (Wildman–Crippen LogP) is 3.41. The lowest BCUT2D eigenvalue weighted by atomic mass is 10.3. The maximum atomic E-state index is 13.1. The molecule has 1 aliphatic rings. The number of furan rings is 1. The number of nitrogens with zero attached hydrogens (tertiary/aromatic N) is 1. The third-order valence-electron chi connectivity index (χ3n) is 3.36. The van der Waals surface area contributed by atoms with Crippen molar-refractivity contribution in [1.82, 2.24) is 4.90 Å². The average Bonchev–Trinajstić information content (AvgIpc) is 3.16. The van der Waals surface area contributed by atoms with E-state index in [2.05, 4.69) is 0 Å². The molecule has 0 aromatic carbocycles. The van der Waals surface area contributed by atoms with E-state index in [9.17, 15) is 9.36 Å². The van der Waals surface area contributed by atoms with Crippen LogP contribution in [-0.2, 0) is 18.4 Å². The molecule has 0 bridgehead atoms. The first-order chi connectivity index (χ1) is 10.0. The number of rotatable bonds is 8. The summed E-state index contributed by atoms with van der Waals surface area (Å²) < 4.78 is 29.3. The molecule has 0 aliphatic heterocycles. The molecular formula is C14H22NO5P. The van der Waals surface area contributed by atoms with Crippen molar-refractivity contribution in [3.63, 3.8) is 0 Å². The van der Waals surface area contributed by atoms with Gasteiger partial charge in [-0.1, -0.05) is 0 Å². The zero-order valence-electron chi connectivity index (χ0n) is 12.7. The maximum Gasteiger partial charge on any atom is 0.360 e. The molecule has 1 aliphatic carbocycles. The van der Waals surface area contributed by atoms with E-state index in [1.807, 2.05) is 0 Å². The molecule has 0 spiro atoms. The van der Waals surface area contributed by atoms with Crippen molar-refractivity contribution in [3.8, 4) is 0 Å². The lowest BCUT2D eigenvalue weighted by molar-refractivity contribution is -0.132. The number of hydrogen-bond acceptors (Lipinski definition) is 5. The van der Waals surface area contributed by atoms with Crippen LogP contribution < -0.4 is 0 Å². The van der Waals surface area contributed by atoms with Crippen molar-refractivity contribution in [2.75, 3.05) is 20.3 Å². The minimum atomic E-state index is -3.53. The molecule has 2 rings (SSSR count). The zero-order chi connectivity index (χ0) is 15.5. The van der Waals surface area contributed by atoms with Crippen molar-refractivity contribution < 1.29 is 22.8 Å². The van der Waals surface area contributed by atoms with Crippen molar-refractivity contribution in [2.45, 2.75) is 32.5 Å². The van der Waals surface area contributed by atoms with E-state index < -0.39 is 13.4 Å². The van der Waals surface area contributed by atoms with E-state index >= 15 is 0 Å². The second kappa shape index (κ2) is 6.77. The van der Waals surface area contributed by atoms with Gasteiger partial charge in [-0.3, -0.25) is 9.36 Å². The smallest absolute Gasteiger partial charge is 0.360 e. The van der Waals surface area contributed by atoms with Crippen LogP contribution in [0.2, 0.25) is 0 Å². The average molecular weight is 315 g/mol. The van der Waals surface area contributed by atoms with Gasteiger partial charge in [0.15, 0.2) is 5.78 Å². The Kier molecular flexibility index (Phi) is 5.25. The molecule has 6 nitrogen and oxygen atoms in total. The summed E-state index contributed by atoms with van der Waals surface area (Å²) in [5.74, 6) is -0.461. The number of hydrogen-bond donors (Lipinski definition) is 0. The van der Waals surface area contributed by atoms with Crippen LogP contribution in [0.5, 0.6) is 0 Å². The van der Waals surface area contributed by atoms with E-state index in [1.54, 1.807) is 33.0 Å². The first-order valence-corrected chi connectivity index (χ1v) is 8.83. The Morgan fingerprint density at radius 1 is 1.43 bits per heavy atom. The van der Waals surface area contributed by atoms with Gasteiger partial charge < -0.3 is 18.4 Å². The van der Waals surface area contributed by atoms with Crippen LogP contribution in [0.25, 0.3) is 0 Å². The van der Waals surface area contributed by atoms with E-state index in [-0.39, 0.29) is 25.0 Å². The molecular weight excluding hydrogens is 293 g/mol. The van der Waals surface area contributed by atoms with Gasteiger partial charge in [0, 0.05) is 13.0 Å². The SMILES string of the molecule is CCOP(=O)(OCC)C(c1ccco1)N(C)C(=O)C1CC1. The van der Waals surface area contributed by atoms with Crippen LogP contribution >= 0.6 is 7.60 Å². The third kappa shape index (κ3) is 3.57. The van der Waals surface area contributed by atoms with Crippen molar-refractivity contribution in [1.29, 1.82) is 0 Å². The highest BCUT2D eigenvalue weighted by Crippen LogP contribution is 2.62. The van der Waals surface area contributed by atoms with Crippen LogP contribution in [0.15, 0.2) is 22.8 Å². The Labute approximate surface area is 124 Å². The van der Waals surface area contributed by atoms with E-state index in [4.69, 9.17) is 13.5 Å². The largest absolute Gasteiger partial charge is 0.466 e. The third-order valence-corrected chi connectivity index (χ3v) is 5.79. The Morgan fingerprint density at radius 3 is 2.48 bits per heavy atom. The highest BCUT2D eigenvalue weighted by molar-refractivity contribution is 7.54. The summed E-state index contributed by atoms with van der Waals surface area (Å²) in [4.78, 5) is 13.8. The van der Waals surface area contributed by atoms with Crippen molar-refractivity contribution in [2.24, 2.45) is 5.92 Å². The molecule has 118 valence electrons. The molecule has 1 unspecified atom stereocenters. The van der Waals surface area contributed by atoms with Crippen LogP contribution in [0.3, 0.4) is 0 Å². The van der Waals surface area contributed by atoms with Gasteiger partial charge in [0.25, 0.3) is 0 Å².